The Morgan fingerprint density at radius 1 is 1.10 bits per heavy atom. The van der Waals surface area contributed by atoms with E-state index in [9.17, 15) is 9.59 Å². The lowest BCUT2D eigenvalue weighted by Gasteiger charge is -2.30. The summed E-state index contributed by atoms with van der Waals surface area (Å²) in [4.78, 5) is 32.7. The highest BCUT2D eigenvalue weighted by molar-refractivity contribution is 5.84. The number of esters is 1. The monoisotopic (exact) mass is 406 g/mol. The van der Waals surface area contributed by atoms with Crippen molar-refractivity contribution in [1.82, 2.24) is 4.98 Å². The number of carbonyl (C=O) groups is 1. The third kappa shape index (κ3) is 4.52. The number of ether oxygens (including phenoxy) is 1. The van der Waals surface area contributed by atoms with Crippen molar-refractivity contribution in [1.29, 1.82) is 0 Å². The Bertz CT molecular complexity index is 882. The maximum absolute atomic E-state index is 13.3. The molecule has 1 aliphatic carbocycles. The number of pyridine rings is 1. The minimum Gasteiger partial charge on any atom is -0.456 e. The van der Waals surface area contributed by atoms with Crippen LogP contribution in [0.1, 0.15) is 81.7 Å². The van der Waals surface area contributed by atoms with E-state index < -0.39 is 17.6 Å². The van der Waals surface area contributed by atoms with Crippen molar-refractivity contribution in [2.75, 3.05) is 0 Å². The van der Waals surface area contributed by atoms with Crippen LogP contribution in [0.15, 0.2) is 53.7 Å². The Hall–Kier alpha value is -2.78. The highest BCUT2D eigenvalue weighted by Gasteiger charge is 2.47. The van der Waals surface area contributed by atoms with Crippen molar-refractivity contribution in [2.24, 2.45) is 10.9 Å². The number of aromatic nitrogens is 1. The van der Waals surface area contributed by atoms with Crippen molar-refractivity contribution in [3.8, 4) is 0 Å². The Morgan fingerprint density at radius 3 is 2.37 bits per heavy atom. The van der Waals surface area contributed by atoms with Crippen LogP contribution in [0.5, 0.6) is 0 Å². The molecule has 1 unspecified atom stereocenters. The minimum atomic E-state index is -1.51. The van der Waals surface area contributed by atoms with E-state index in [4.69, 9.17) is 4.74 Å². The van der Waals surface area contributed by atoms with Crippen molar-refractivity contribution in [3.63, 3.8) is 0 Å². The summed E-state index contributed by atoms with van der Waals surface area (Å²) < 4.78 is 5.80. The van der Waals surface area contributed by atoms with Gasteiger partial charge in [-0.15, -0.1) is 0 Å². The van der Waals surface area contributed by atoms with Crippen LogP contribution in [-0.4, -0.2) is 17.0 Å². The SMILES string of the molecule is CC(OC(=O)[C@](N=C=O)(c1ccccn1)C(C)C)c1ccc(C2CCCCC2)cc1. The molecule has 0 bridgehead atoms. The van der Waals surface area contributed by atoms with E-state index in [0.717, 1.165) is 5.56 Å². The predicted molar refractivity (Wildman–Crippen MR) is 116 cm³/mol. The third-order valence-corrected chi connectivity index (χ3v) is 6.19. The van der Waals surface area contributed by atoms with Gasteiger partial charge in [0, 0.05) is 6.20 Å². The van der Waals surface area contributed by atoms with Crippen LogP contribution >= 0.6 is 0 Å². The molecule has 1 fully saturated rings. The van der Waals surface area contributed by atoms with Gasteiger partial charge in [-0.3, -0.25) is 4.98 Å². The molecule has 5 heteroatoms. The number of aliphatic imine (C=N–C) groups is 1. The van der Waals surface area contributed by atoms with E-state index in [-0.39, 0.29) is 5.92 Å². The van der Waals surface area contributed by atoms with Gasteiger partial charge in [0.2, 0.25) is 11.6 Å². The molecule has 5 nitrogen and oxygen atoms in total. The number of hydrogen-bond donors (Lipinski definition) is 0. The fourth-order valence-corrected chi connectivity index (χ4v) is 4.32. The Kier molecular flexibility index (Phi) is 7.17. The molecule has 0 aliphatic heterocycles. The van der Waals surface area contributed by atoms with Crippen LogP contribution in [0, 0.1) is 5.92 Å². The topological polar surface area (TPSA) is 68.6 Å². The number of rotatable bonds is 7. The second kappa shape index (κ2) is 9.82. The number of carbonyl (C=O) groups excluding carboxylic acids is 2. The lowest BCUT2D eigenvalue weighted by atomic mass is 9.83. The van der Waals surface area contributed by atoms with Crippen LogP contribution in [0.4, 0.5) is 0 Å². The van der Waals surface area contributed by atoms with Gasteiger partial charge < -0.3 is 4.74 Å². The van der Waals surface area contributed by atoms with Crippen LogP contribution in [0.3, 0.4) is 0 Å². The molecular weight excluding hydrogens is 376 g/mol. The largest absolute Gasteiger partial charge is 0.456 e. The first-order valence-electron chi connectivity index (χ1n) is 10.8. The van der Waals surface area contributed by atoms with Crippen LogP contribution < -0.4 is 0 Å². The van der Waals surface area contributed by atoms with Crippen molar-refractivity contribution >= 4 is 12.0 Å². The summed E-state index contributed by atoms with van der Waals surface area (Å²) in [5.74, 6) is -0.295. The molecule has 1 heterocycles. The number of benzene rings is 1. The van der Waals surface area contributed by atoms with Crippen molar-refractivity contribution < 1.29 is 14.3 Å². The van der Waals surface area contributed by atoms with Gasteiger partial charge in [-0.05, 0) is 54.9 Å². The Balaban J connectivity index is 1.80. The zero-order valence-corrected chi connectivity index (χ0v) is 18.0. The molecular formula is C25H30N2O3. The summed E-state index contributed by atoms with van der Waals surface area (Å²) in [6.07, 6.45) is 9.08. The molecule has 0 amide bonds. The first kappa shape index (κ1) is 21.9. The number of nitrogens with zero attached hydrogens (tertiary/aromatic N) is 2. The molecule has 3 rings (SSSR count). The first-order valence-corrected chi connectivity index (χ1v) is 10.8. The molecule has 1 aliphatic rings. The number of hydrogen-bond acceptors (Lipinski definition) is 5. The maximum Gasteiger partial charge on any atom is 0.342 e. The average molecular weight is 407 g/mol. The molecule has 2 aromatic rings. The maximum atomic E-state index is 13.3. The van der Waals surface area contributed by atoms with Gasteiger partial charge in [-0.25, -0.2) is 9.59 Å². The van der Waals surface area contributed by atoms with E-state index >= 15 is 0 Å². The van der Waals surface area contributed by atoms with Crippen molar-refractivity contribution in [3.05, 3.63) is 65.5 Å². The molecule has 1 aromatic heterocycles. The van der Waals surface area contributed by atoms with Crippen LogP contribution in [0.25, 0.3) is 0 Å². The molecule has 2 atom stereocenters. The lowest BCUT2D eigenvalue weighted by molar-refractivity contribution is -0.157. The van der Waals surface area contributed by atoms with Crippen LogP contribution in [-0.2, 0) is 19.9 Å². The van der Waals surface area contributed by atoms with Gasteiger partial charge in [-0.2, -0.15) is 4.99 Å². The Labute approximate surface area is 178 Å². The van der Waals surface area contributed by atoms with E-state index in [1.54, 1.807) is 30.5 Å². The third-order valence-electron chi connectivity index (χ3n) is 6.19. The van der Waals surface area contributed by atoms with Gasteiger partial charge in [-0.1, -0.05) is 63.4 Å². The van der Waals surface area contributed by atoms with E-state index in [1.807, 2.05) is 32.9 Å². The average Bonchev–Trinajstić information content (AvgIpc) is 2.78. The predicted octanol–water partition coefficient (Wildman–Crippen LogP) is 5.62. The lowest BCUT2D eigenvalue weighted by Crippen LogP contribution is -2.41. The van der Waals surface area contributed by atoms with Crippen molar-refractivity contribution in [2.45, 2.75) is 70.4 Å². The van der Waals surface area contributed by atoms with Gasteiger partial charge in [0.1, 0.15) is 6.10 Å². The molecule has 0 radical (unpaired) electrons. The standard InChI is InChI=1S/C25H30N2O3/c1-18(2)25(27-17-28,23-11-7-8-16-26-23)24(29)30-19(3)20-12-14-22(15-13-20)21-9-5-4-6-10-21/h7-8,11-16,18-19,21H,4-6,9-10H2,1-3H3/t19?,25-/m1/s1. The van der Waals surface area contributed by atoms with Gasteiger partial charge in [0.05, 0.1) is 5.69 Å². The molecule has 0 N–H and O–H groups in total. The van der Waals surface area contributed by atoms with Gasteiger partial charge in [0.25, 0.3) is 0 Å². The first-order chi connectivity index (χ1) is 14.5. The minimum absolute atomic E-state index is 0.331. The normalized spacial score (nSPS) is 17.6. The Morgan fingerprint density at radius 2 is 1.80 bits per heavy atom. The molecule has 0 saturated heterocycles. The summed E-state index contributed by atoms with van der Waals surface area (Å²) >= 11 is 0. The zero-order valence-electron chi connectivity index (χ0n) is 18.0. The highest BCUT2D eigenvalue weighted by atomic mass is 16.5. The molecule has 1 saturated carbocycles. The van der Waals surface area contributed by atoms with E-state index in [0.29, 0.717) is 11.6 Å². The van der Waals surface area contributed by atoms with E-state index in [1.165, 1.54) is 37.7 Å². The smallest absolute Gasteiger partial charge is 0.342 e. The second-order valence-corrected chi connectivity index (χ2v) is 8.39. The summed E-state index contributed by atoms with van der Waals surface area (Å²) in [5.41, 5.74) is 1.14. The molecule has 1 aromatic carbocycles. The molecule has 158 valence electrons. The zero-order chi connectivity index (χ0) is 21.6. The summed E-state index contributed by atoms with van der Waals surface area (Å²) in [6, 6.07) is 13.6. The fraction of sp³-hybridized carbons (Fsp3) is 0.480. The second-order valence-electron chi connectivity index (χ2n) is 8.39. The van der Waals surface area contributed by atoms with Crippen LogP contribution in [0.2, 0.25) is 0 Å². The fourth-order valence-electron chi connectivity index (χ4n) is 4.32. The van der Waals surface area contributed by atoms with Gasteiger partial charge in [0.15, 0.2) is 0 Å². The summed E-state index contributed by atoms with van der Waals surface area (Å²) in [6.45, 7) is 5.47. The van der Waals surface area contributed by atoms with E-state index in [2.05, 4.69) is 22.1 Å². The highest BCUT2D eigenvalue weighted by Crippen LogP contribution is 2.36. The molecule has 0 spiro atoms. The number of isocyanates is 1. The summed E-state index contributed by atoms with van der Waals surface area (Å²) in [5, 5.41) is 0. The molecule has 30 heavy (non-hydrogen) atoms. The summed E-state index contributed by atoms with van der Waals surface area (Å²) in [7, 11) is 0. The van der Waals surface area contributed by atoms with Gasteiger partial charge >= 0.3 is 5.97 Å². The quantitative estimate of drug-likeness (QED) is 0.340.